The Labute approximate surface area is 240 Å². The van der Waals surface area contributed by atoms with Gasteiger partial charge in [0.1, 0.15) is 12.1 Å². The lowest BCUT2D eigenvalue weighted by atomic mass is 10.0. The number of rotatable bonds is 19. The van der Waals surface area contributed by atoms with Crippen LogP contribution in [-0.4, -0.2) is 83.8 Å². The number of amides is 7. The fourth-order valence-electron chi connectivity index (χ4n) is 4.87. The Morgan fingerprint density at radius 2 is 1.55 bits per heavy atom. The largest absolute Gasteiger partial charge is 0.368 e. The lowest BCUT2D eigenvalue weighted by Crippen LogP contribution is -2.52. The number of urea groups is 1. The highest BCUT2D eigenvalue weighted by molar-refractivity contribution is 8.00. The molecule has 0 aromatic rings. The minimum Gasteiger partial charge on any atom is -0.368 e. The minimum absolute atomic E-state index is 0.0239. The average Bonchev–Trinajstić information content (AvgIpc) is 3.43. The van der Waals surface area contributed by atoms with Crippen molar-refractivity contribution in [1.82, 2.24) is 31.9 Å². The molecule has 0 aromatic carbocycles. The zero-order valence-corrected chi connectivity index (χ0v) is 24.3. The van der Waals surface area contributed by atoms with Crippen molar-refractivity contribution >= 4 is 47.3 Å². The Balaban J connectivity index is 1.60. The van der Waals surface area contributed by atoms with E-state index in [2.05, 4.69) is 31.9 Å². The Morgan fingerprint density at radius 3 is 2.20 bits per heavy atom. The summed E-state index contributed by atoms with van der Waals surface area (Å²) in [7, 11) is 0. The van der Waals surface area contributed by atoms with Gasteiger partial charge in [0.25, 0.3) is 0 Å². The summed E-state index contributed by atoms with van der Waals surface area (Å²) in [5.74, 6) is -0.740. The minimum atomic E-state index is -0.883. The Morgan fingerprint density at radius 1 is 0.875 bits per heavy atom. The van der Waals surface area contributed by atoms with Crippen LogP contribution in [0.15, 0.2) is 0 Å². The van der Waals surface area contributed by atoms with E-state index in [4.69, 9.17) is 5.73 Å². The molecule has 0 aliphatic carbocycles. The molecule has 0 saturated carbocycles. The summed E-state index contributed by atoms with van der Waals surface area (Å²) in [6.07, 6.45) is 6.19. The molecule has 0 radical (unpaired) electrons. The van der Waals surface area contributed by atoms with Gasteiger partial charge in [0.05, 0.1) is 12.1 Å². The number of hydrogen-bond acceptors (Lipinski definition) is 7. The molecule has 0 aromatic heterocycles. The van der Waals surface area contributed by atoms with Crippen LogP contribution in [0.5, 0.6) is 0 Å². The highest BCUT2D eigenvalue weighted by Gasteiger charge is 2.42. The molecule has 40 heavy (non-hydrogen) atoms. The first kappa shape index (κ1) is 33.2. The monoisotopic (exact) mass is 583 g/mol. The maximum Gasteiger partial charge on any atom is 0.315 e. The molecular weight excluding hydrogens is 538 g/mol. The number of nitrogens with one attached hydrogen (secondary N) is 6. The van der Waals surface area contributed by atoms with Gasteiger partial charge in [0.2, 0.25) is 29.5 Å². The van der Waals surface area contributed by atoms with Crippen molar-refractivity contribution in [2.24, 2.45) is 5.73 Å². The fourth-order valence-corrected chi connectivity index (χ4v) is 6.42. The van der Waals surface area contributed by atoms with E-state index in [1.54, 1.807) is 0 Å². The number of fused-ring (bicyclic) bond motifs is 1. The molecule has 5 atom stereocenters. The molecular formula is C26H45N7O6S. The van der Waals surface area contributed by atoms with Gasteiger partial charge in [-0.15, -0.1) is 0 Å². The van der Waals surface area contributed by atoms with Crippen LogP contribution < -0.4 is 37.6 Å². The van der Waals surface area contributed by atoms with E-state index in [0.717, 1.165) is 25.0 Å². The van der Waals surface area contributed by atoms with Crippen LogP contribution in [0.3, 0.4) is 0 Å². The molecule has 2 aliphatic heterocycles. The van der Waals surface area contributed by atoms with E-state index in [1.165, 1.54) is 13.8 Å². The lowest BCUT2D eigenvalue weighted by Gasteiger charge is -2.21. The smallest absolute Gasteiger partial charge is 0.315 e. The summed E-state index contributed by atoms with van der Waals surface area (Å²) < 4.78 is 0. The Bertz CT molecular complexity index is 905. The predicted octanol–water partition coefficient (Wildman–Crippen LogP) is -0.220. The second kappa shape index (κ2) is 17.6. The summed E-state index contributed by atoms with van der Waals surface area (Å²) in [4.78, 5) is 70.8. The summed E-state index contributed by atoms with van der Waals surface area (Å²) in [5.41, 5.74) is 5.49. The second-order valence-corrected chi connectivity index (χ2v) is 11.7. The third-order valence-corrected chi connectivity index (χ3v) is 8.48. The predicted molar refractivity (Wildman–Crippen MR) is 152 cm³/mol. The standard InChI is InChI=1S/C26H45N7O6S/c1-16(34)28-13-7-6-10-19(30-17(2)35)25(38)31-18(24(27)37)9-5-8-14-29-22(36)12-4-3-11-21-23-20(15-40-21)32-26(39)33-23/h18-21,23H,3-15H2,1-2H3,(H2,27,37)(H,28,34)(H,29,36)(H,30,35)(H,31,38)(H2,32,33,39)/t18?,19?,20?,21-,23?/m0/s1. The lowest BCUT2D eigenvalue weighted by molar-refractivity contribution is -0.131. The highest BCUT2D eigenvalue weighted by atomic mass is 32.2. The second-order valence-electron chi connectivity index (χ2n) is 10.4. The molecule has 8 N–H and O–H groups in total. The molecule has 0 spiro atoms. The normalized spacial score (nSPS) is 20.9. The number of primary amides is 1. The fraction of sp³-hybridized carbons (Fsp3) is 0.769. The van der Waals surface area contributed by atoms with Gasteiger partial charge in [0, 0.05) is 44.4 Å². The Hall–Kier alpha value is -3.03. The van der Waals surface area contributed by atoms with Gasteiger partial charge in [-0.25, -0.2) is 4.79 Å². The first-order valence-corrected chi connectivity index (χ1v) is 15.2. The zero-order chi connectivity index (χ0) is 29.5. The van der Waals surface area contributed by atoms with Crippen LogP contribution in [0, 0.1) is 0 Å². The number of nitrogens with two attached hydrogens (primary N) is 1. The van der Waals surface area contributed by atoms with E-state index >= 15 is 0 Å². The van der Waals surface area contributed by atoms with Gasteiger partial charge in [0.15, 0.2) is 0 Å². The topological polar surface area (TPSA) is 201 Å². The van der Waals surface area contributed by atoms with Crippen molar-refractivity contribution in [3.05, 3.63) is 0 Å². The summed E-state index contributed by atoms with van der Waals surface area (Å²) in [6.45, 7) is 3.68. The number of unbranched alkanes of at least 4 members (excludes halogenated alkanes) is 3. The number of carbonyl (C=O) groups is 6. The van der Waals surface area contributed by atoms with Crippen LogP contribution in [0.4, 0.5) is 4.79 Å². The summed E-state index contributed by atoms with van der Waals surface area (Å²) in [5, 5.41) is 17.1. The van der Waals surface area contributed by atoms with E-state index in [1.807, 2.05) is 11.8 Å². The van der Waals surface area contributed by atoms with E-state index in [0.29, 0.717) is 63.3 Å². The molecule has 2 aliphatic rings. The van der Waals surface area contributed by atoms with Crippen molar-refractivity contribution in [3.63, 3.8) is 0 Å². The zero-order valence-electron chi connectivity index (χ0n) is 23.5. The van der Waals surface area contributed by atoms with Crippen LogP contribution in [0.25, 0.3) is 0 Å². The maximum atomic E-state index is 12.7. The van der Waals surface area contributed by atoms with Crippen molar-refractivity contribution in [2.75, 3.05) is 18.8 Å². The van der Waals surface area contributed by atoms with Crippen molar-refractivity contribution in [3.8, 4) is 0 Å². The molecule has 14 heteroatoms. The Kier molecular flexibility index (Phi) is 14.6. The highest BCUT2D eigenvalue weighted by Crippen LogP contribution is 2.33. The maximum absolute atomic E-state index is 12.7. The molecule has 0 bridgehead atoms. The molecule has 2 heterocycles. The van der Waals surface area contributed by atoms with E-state index < -0.39 is 23.9 Å². The molecule has 7 amide bonds. The first-order valence-electron chi connectivity index (χ1n) is 14.1. The molecule has 2 saturated heterocycles. The third-order valence-electron chi connectivity index (χ3n) is 6.97. The van der Waals surface area contributed by atoms with Crippen molar-refractivity contribution in [1.29, 1.82) is 0 Å². The van der Waals surface area contributed by atoms with Gasteiger partial charge in [-0.1, -0.05) is 6.42 Å². The van der Waals surface area contributed by atoms with Crippen LogP contribution in [0.1, 0.15) is 78.1 Å². The van der Waals surface area contributed by atoms with Crippen LogP contribution in [-0.2, 0) is 24.0 Å². The number of hydrogen-bond donors (Lipinski definition) is 7. The van der Waals surface area contributed by atoms with Crippen molar-refractivity contribution < 1.29 is 28.8 Å². The number of thioether (sulfide) groups is 1. The van der Waals surface area contributed by atoms with Crippen LogP contribution >= 0.6 is 11.8 Å². The van der Waals surface area contributed by atoms with Gasteiger partial charge >= 0.3 is 6.03 Å². The van der Waals surface area contributed by atoms with Crippen molar-refractivity contribution in [2.45, 2.75) is 107 Å². The summed E-state index contributed by atoms with van der Waals surface area (Å²) >= 11 is 1.86. The quantitative estimate of drug-likeness (QED) is 0.0804. The molecule has 13 nitrogen and oxygen atoms in total. The van der Waals surface area contributed by atoms with Crippen LogP contribution in [0.2, 0.25) is 0 Å². The molecule has 2 fully saturated rings. The number of carbonyl (C=O) groups excluding carboxylic acids is 6. The van der Waals surface area contributed by atoms with Gasteiger partial charge < -0.3 is 37.6 Å². The molecule has 226 valence electrons. The SMILES string of the molecule is CC(=O)NCCCCC(NC(C)=O)C(=O)NC(CCCCNC(=O)CCCC[C@@H]1SCC2NC(=O)NC21)C(N)=O. The van der Waals surface area contributed by atoms with E-state index in [9.17, 15) is 28.8 Å². The molecule has 4 unspecified atom stereocenters. The molecule has 2 rings (SSSR count). The summed E-state index contributed by atoms with van der Waals surface area (Å²) in [6, 6.07) is -1.40. The van der Waals surface area contributed by atoms with Gasteiger partial charge in [-0.3, -0.25) is 24.0 Å². The van der Waals surface area contributed by atoms with E-state index in [-0.39, 0.29) is 35.8 Å². The van der Waals surface area contributed by atoms with Gasteiger partial charge in [-0.2, -0.15) is 11.8 Å². The average molecular weight is 584 g/mol. The first-order chi connectivity index (χ1) is 19.1. The van der Waals surface area contributed by atoms with Gasteiger partial charge in [-0.05, 0) is 51.4 Å². The third kappa shape index (κ3) is 12.4.